The number of rotatable bonds is 8. The maximum absolute atomic E-state index is 11.3. The Bertz CT molecular complexity index is 611. The summed E-state index contributed by atoms with van der Waals surface area (Å²) in [5, 5.41) is 14.7. The zero-order valence-electron chi connectivity index (χ0n) is 16.8. The first-order valence-corrected chi connectivity index (χ1v) is 9.37. The van der Waals surface area contributed by atoms with Crippen LogP contribution >= 0.6 is 24.0 Å². The summed E-state index contributed by atoms with van der Waals surface area (Å²) in [5.41, 5.74) is 1.13. The van der Waals surface area contributed by atoms with Crippen molar-refractivity contribution in [3.05, 3.63) is 11.9 Å². The Morgan fingerprint density at radius 3 is 2.67 bits per heavy atom. The zero-order valence-corrected chi connectivity index (χ0v) is 19.2. The van der Waals surface area contributed by atoms with Crippen LogP contribution in [-0.2, 0) is 22.6 Å². The Balaban J connectivity index is 0.00000364. The number of carbonyl (C=O) groups is 1. The molecule has 2 rings (SSSR count). The molecule has 9 heteroatoms. The van der Waals surface area contributed by atoms with Crippen LogP contribution in [0, 0.1) is 11.3 Å². The molecule has 1 aliphatic carbocycles. The molecule has 0 aromatic carbocycles. The molecular formula is C18H33IN6O2. The molecule has 1 aromatic rings. The highest BCUT2D eigenvalue weighted by Crippen LogP contribution is 2.42. The van der Waals surface area contributed by atoms with Gasteiger partial charge in [0.25, 0.3) is 0 Å². The van der Waals surface area contributed by atoms with Gasteiger partial charge in [0.1, 0.15) is 12.2 Å². The highest BCUT2D eigenvalue weighted by molar-refractivity contribution is 14.0. The average Bonchev–Trinajstić information content (AvgIpc) is 3.24. The number of hydrogen-bond acceptors (Lipinski definition) is 5. The molecule has 154 valence electrons. The monoisotopic (exact) mass is 492 g/mol. The Morgan fingerprint density at radius 2 is 2.07 bits per heavy atom. The predicted octanol–water partition coefficient (Wildman–Crippen LogP) is 2.34. The van der Waals surface area contributed by atoms with Gasteiger partial charge in [-0.2, -0.15) is 0 Å². The SMILES string of the molecule is CN=C(NCc1cn(CC(=O)OC)nn1)NCC1(CC(C)C)CCCC1.I. The van der Waals surface area contributed by atoms with Crippen LogP contribution in [0.3, 0.4) is 0 Å². The van der Waals surface area contributed by atoms with Gasteiger partial charge in [-0.05, 0) is 30.6 Å². The van der Waals surface area contributed by atoms with Crippen molar-refractivity contribution >= 4 is 35.9 Å². The summed E-state index contributed by atoms with van der Waals surface area (Å²) >= 11 is 0. The molecule has 0 unspecified atom stereocenters. The molecule has 1 heterocycles. The summed E-state index contributed by atoms with van der Waals surface area (Å²) in [4.78, 5) is 15.6. The van der Waals surface area contributed by atoms with E-state index in [1.807, 2.05) is 0 Å². The lowest BCUT2D eigenvalue weighted by Crippen LogP contribution is -2.43. The van der Waals surface area contributed by atoms with E-state index < -0.39 is 0 Å². The molecule has 0 saturated heterocycles. The fraction of sp³-hybridized carbons (Fsp3) is 0.778. The maximum Gasteiger partial charge on any atom is 0.327 e. The van der Waals surface area contributed by atoms with E-state index in [-0.39, 0.29) is 36.5 Å². The lowest BCUT2D eigenvalue weighted by Gasteiger charge is -2.31. The molecule has 0 radical (unpaired) electrons. The number of halogens is 1. The van der Waals surface area contributed by atoms with Gasteiger partial charge in [-0.25, -0.2) is 4.68 Å². The fourth-order valence-corrected chi connectivity index (χ4v) is 3.80. The van der Waals surface area contributed by atoms with Crippen molar-refractivity contribution in [2.75, 3.05) is 20.7 Å². The lowest BCUT2D eigenvalue weighted by atomic mass is 9.78. The van der Waals surface area contributed by atoms with Crippen molar-refractivity contribution < 1.29 is 9.53 Å². The Hall–Kier alpha value is -1.39. The predicted molar refractivity (Wildman–Crippen MR) is 116 cm³/mol. The van der Waals surface area contributed by atoms with Crippen LogP contribution in [0.2, 0.25) is 0 Å². The van der Waals surface area contributed by atoms with Gasteiger partial charge < -0.3 is 15.4 Å². The minimum absolute atomic E-state index is 0. The van der Waals surface area contributed by atoms with Crippen molar-refractivity contribution in [3.63, 3.8) is 0 Å². The number of aliphatic imine (C=N–C) groups is 1. The van der Waals surface area contributed by atoms with E-state index in [2.05, 4.69) is 44.5 Å². The molecule has 1 saturated carbocycles. The second-order valence-electron chi connectivity index (χ2n) is 7.57. The van der Waals surface area contributed by atoms with Gasteiger partial charge >= 0.3 is 5.97 Å². The van der Waals surface area contributed by atoms with Gasteiger partial charge in [-0.15, -0.1) is 29.1 Å². The van der Waals surface area contributed by atoms with E-state index in [9.17, 15) is 4.79 Å². The van der Waals surface area contributed by atoms with Crippen molar-refractivity contribution in [2.45, 2.75) is 59.0 Å². The van der Waals surface area contributed by atoms with Gasteiger partial charge in [-0.3, -0.25) is 9.79 Å². The van der Waals surface area contributed by atoms with E-state index in [1.54, 1.807) is 13.2 Å². The third-order valence-corrected chi connectivity index (χ3v) is 4.90. The summed E-state index contributed by atoms with van der Waals surface area (Å²) in [5.74, 6) is 1.12. The first kappa shape index (κ1) is 23.6. The number of guanidine groups is 1. The van der Waals surface area contributed by atoms with E-state index in [1.165, 1.54) is 43.9 Å². The summed E-state index contributed by atoms with van der Waals surface area (Å²) in [7, 11) is 3.13. The molecule has 1 aromatic heterocycles. The number of ether oxygens (including phenoxy) is 1. The van der Waals surface area contributed by atoms with Crippen LogP contribution < -0.4 is 10.6 Å². The topological polar surface area (TPSA) is 93.4 Å². The average molecular weight is 492 g/mol. The van der Waals surface area contributed by atoms with Gasteiger partial charge in [0.15, 0.2) is 5.96 Å². The van der Waals surface area contributed by atoms with Crippen molar-refractivity contribution in [2.24, 2.45) is 16.3 Å². The van der Waals surface area contributed by atoms with Crippen LogP contribution in [0.5, 0.6) is 0 Å². The number of methoxy groups -OCH3 is 1. The maximum atomic E-state index is 11.3. The number of hydrogen-bond donors (Lipinski definition) is 2. The quantitative estimate of drug-likeness (QED) is 0.251. The van der Waals surface area contributed by atoms with E-state index >= 15 is 0 Å². The zero-order chi connectivity index (χ0) is 19.0. The summed E-state index contributed by atoms with van der Waals surface area (Å²) < 4.78 is 6.09. The lowest BCUT2D eigenvalue weighted by molar-refractivity contribution is -0.141. The van der Waals surface area contributed by atoms with Crippen molar-refractivity contribution in [1.29, 1.82) is 0 Å². The summed E-state index contributed by atoms with van der Waals surface area (Å²) in [6.45, 7) is 6.10. The molecule has 1 fully saturated rings. The van der Waals surface area contributed by atoms with Crippen LogP contribution in [-0.4, -0.2) is 47.6 Å². The second kappa shape index (κ2) is 11.5. The normalized spacial score (nSPS) is 16.1. The smallest absolute Gasteiger partial charge is 0.327 e. The van der Waals surface area contributed by atoms with Crippen LogP contribution in [0.4, 0.5) is 0 Å². The highest BCUT2D eigenvalue weighted by Gasteiger charge is 2.34. The molecular weight excluding hydrogens is 459 g/mol. The molecule has 0 bridgehead atoms. The molecule has 27 heavy (non-hydrogen) atoms. The molecule has 2 N–H and O–H groups in total. The molecule has 8 nitrogen and oxygen atoms in total. The Kier molecular flexibility index (Phi) is 10.0. The molecule has 0 aliphatic heterocycles. The first-order valence-electron chi connectivity index (χ1n) is 9.37. The minimum Gasteiger partial charge on any atom is -0.468 e. The number of nitrogens with one attached hydrogen (secondary N) is 2. The minimum atomic E-state index is -0.348. The van der Waals surface area contributed by atoms with Crippen molar-refractivity contribution in [1.82, 2.24) is 25.6 Å². The van der Waals surface area contributed by atoms with Gasteiger partial charge in [0, 0.05) is 13.6 Å². The van der Waals surface area contributed by atoms with E-state index in [0.29, 0.717) is 17.9 Å². The van der Waals surface area contributed by atoms with E-state index in [4.69, 9.17) is 0 Å². The molecule has 1 aliphatic rings. The first-order chi connectivity index (χ1) is 12.5. The number of carbonyl (C=O) groups excluding carboxylic acids is 1. The number of esters is 1. The van der Waals surface area contributed by atoms with Crippen LogP contribution in [0.15, 0.2) is 11.2 Å². The van der Waals surface area contributed by atoms with Crippen LogP contribution in [0.25, 0.3) is 0 Å². The standard InChI is InChI=1S/C18H32N6O2.HI/c1-14(2)9-18(7-5-6-8-18)13-21-17(19-3)20-10-15-11-24(23-22-15)12-16(25)26-4;/h11,14H,5-10,12-13H2,1-4H3,(H2,19,20,21);1H. The third-order valence-electron chi connectivity index (χ3n) is 4.90. The number of aromatic nitrogens is 3. The summed E-state index contributed by atoms with van der Waals surface area (Å²) in [6.07, 6.45) is 8.20. The summed E-state index contributed by atoms with van der Waals surface area (Å²) in [6, 6.07) is 0. The largest absolute Gasteiger partial charge is 0.468 e. The van der Waals surface area contributed by atoms with E-state index in [0.717, 1.165) is 18.2 Å². The molecule has 0 spiro atoms. The second-order valence-corrected chi connectivity index (χ2v) is 7.57. The number of nitrogens with zero attached hydrogens (tertiary/aromatic N) is 4. The Morgan fingerprint density at radius 1 is 1.37 bits per heavy atom. The molecule has 0 amide bonds. The molecule has 0 atom stereocenters. The van der Waals surface area contributed by atoms with Gasteiger partial charge in [0.05, 0.1) is 19.9 Å². The highest BCUT2D eigenvalue weighted by atomic mass is 127. The van der Waals surface area contributed by atoms with Crippen molar-refractivity contribution in [3.8, 4) is 0 Å². The third kappa shape index (κ3) is 7.63. The van der Waals surface area contributed by atoms with Gasteiger partial charge in [-0.1, -0.05) is 31.9 Å². The van der Waals surface area contributed by atoms with Crippen LogP contribution in [0.1, 0.15) is 51.6 Å². The Labute approximate surface area is 178 Å². The fourth-order valence-electron chi connectivity index (χ4n) is 3.80. The van der Waals surface area contributed by atoms with Gasteiger partial charge in [0.2, 0.25) is 0 Å².